The molecule has 22 heavy (non-hydrogen) atoms. The predicted molar refractivity (Wildman–Crippen MR) is 89.8 cm³/mol. The van der Waals surface area contributed by atoms with Crippen molar-refractivity contribution in [3.05, 3.63) is 34.4 Å². The van der Waals surface area contributed by atoms with Crippen LogP contribution in [0.3, 0.4) is 0 Å². The van der Waals surface area contributed by atoms with Crippen LogP contribution in [0, 0.1) is 26.7 Å². The monoisotopic (exact) mass is 308 g/mol. The first-order valence-electron chi connectivity index (χ1n) is 8.80. The molecule has 2 heteroatoms. The summed E-state index contributed by atoms with van der Waals surface area (Å²) in [5.41, 5.74) is 4.34. The molecule has 0 aromatic heterocycles. The van der Waals surface area contributed by atoms with Crippen LogP contribution in [0.2, 0.25) is 0 Å². The van der Waals surface area contributed by atoms with Gasteiger partial charge in [0.05, 0.1) is 0 Å². The first kappa shape index (κ1) is 17.4. The van der Waals surface area contributed by atoms with Crippen molar-refractivity contribution in [3.63, 3.8) is 0 Å². The summed E-state index contributed by atoms with van der Waals surface area (Å²) < 4.78 is 29.4. The summed E-state index contributed by atoms with van der Waals surface area (Å²) in [5, 5.41) is 0. The number of hydrogen-bond acceptors (Lipinski definition) is 0. The van der Waals surface area contributed by atoms with E-state index in [4.69, 9.17) is 0 Å². The van der Waals surface area contributed by atoms with E-state index < -0.39 is 11.8 Å². The lowest BCUT2D eigenvalue weighted by Crippen LogP contribution is -2.34. The third-order valence-electron chi connectivity index (χ3n) is 5.50. The summed E-state index contributed by atoms with van der Waals surface area (Å²) in [6.45, 7) is 8.28. The van der Waals surface area contributed by atoms with Crippen LogP contribution in [0.5, 0.6) is 0 Å². The molecule has 0 heterocycles. The highest BCUT2D eigenvalue weighted by Crippen LogP contribution is 2.48. The Hall–Kier alpha value is -0.920. The third-order valence-corrected chi connectivity index (χ3v) is 5.50. The van der Waals surface area contributed by atoms with E-state index in [0.29, 0.717) is 6.42 Å². The van der Waals surface area contributed by atoms with Crippen molar-refractivity contribution in [2.75, 3.05) is 0 Å². The highest BCUT2D eigenvalue weighted by Gasteiger charge is 2.45. The Bertz CT molecular complexity index is 481. The first-order valence-corrected chi connectivity index (χ1v) is 8.80. The Morgan fingerprint density at radius 2 is 1.68 bits per heavy atom. The van der Waals surface area contributed by atoms with Gasteiger partial charge in [0, 0.05) is 12.3 Å². The quantitative estimate of drug-likeness (QED) is 0.530. The topological polar surface area (TPSA) is 0 Å². The molecule has 2 atom stereocenters. The van der Waals surface area contributed by atoms with Gasteiger partial charge in [0.2, 0.25) is 0 Å². The van der Waals surface area contributed by atoms with Gasteiger partial charge in [0.15, 0.2) is 0 Å². The number of benzene rings is 1. The summed E-state index contributed by atoms with van der Waals surface area (Å²) in [5.74, 6) is -2.93. The summed E-state index contributed by atoms with van der Waals surface area (Å²) in [7, 11) is 0. The standard InChI is InChI=1S/C20H30F2/c1-5-6-7-8-17-9-10-19(20(21,22)13-17)18-11-14(2)16(4)15(3)12-18/h11-12,17,19H,5-10,13H2,1-4H3. The lowest BCUT2D eigenvalue weighted by molar-refractivity contribution is -0.0738. The summed E-state index contributed by atoms with van der Waals surface area (Å²) >= 11 is 0. The Morgan fingerprint density at radius 1 is 1.05 bits per heavy atom. The second-order valence-electron chi connectivity index (χ2n) is 7.24. The minimum Gasteiger partial charge on any atom is -0.206 e. The fraction of sp³-hybridized carbons (Fsp3) is 0.700. The van der Waals surface area contributed by atoms with Gasteiger partial charge in [-0.2, -0.15) is 0 Å². The van der Waals surface area contributed by atoms with E-state index in [2.05, 4.69) is 13.8 Å². The zero-order valence-corrected chi connectivity index (χ0v) is 14.5. The summed E-state index contributed by atoms with van der Waals surface area (Å²) in [6, 6.07) is 3.97. The van der Waals surface area contributed by atoms with Gasteiger partial charge in [-0.15, -0.1) is 0 Å². The van der Waals surface area contributed by atoms with Gasteiger partial charge >= 0.3 is 0 Å². The van der Waals surface area contributed by atoms with Crippen molar-refractivity contribution in [3.8, 4) is 0 Å². The molecule has 0 radical (unpaired) electrons. The van der Waals surface area contributed by atoms with Crippen LogP contribution < -0.4 is 0 Å². The number of rotatable bonds is 5. The maximum absolute atomic E-state index is 14.7. The van der Waals surface area contributed by atoms with Crippen LogP contribution >= 0.6 is 0 Å². The van der Waals surface area contributed by atoms with Crippen LogP contribution in [0.1, 0.15) is 80.0 Å². The highest BCUT2D eigenvalue weighted by molar-refractivity contribution is 5.39. The van der Waals surface area contributed by atoms with E-state index in [1.54, 1.807) is 0 Å². The fourth-order valence-electron chi connectivity index (χ4n) is 3.85. The second kappa shape index (κ2) is 7.10. The molecule has 1 saturated carbocycles. The van der Waals surface area contributed by atoms with Gasteiger partial charge < -0.3 is 0 Å². The average Bonchev–Trinajstić information content (AvgIpc) is 2.43. The smallest absolute Gasteiger partial charge is 0.206 e. The van der Waals surface area contributed by atoms with E-state index >= 15 is 0 Å². The lowest BCUT2D eigenvalue weighted by atomic mass is 9.73. The molecule has 124 valence electrons. The van der Waals surface area contributed by atoms with Gasteiger partial charge in [-0.1, -0.05) is 44.7 Å². The molecule has 0 bridgehead atoms. The molecule has 0 saturated heterocycles. The number of halogens is 2. The van der Waals surface area contributed by atoms with E-state index in [9.17, 15) is 8.78 Å². The molecule has 1 fully saturated rings. The Labute approximate surface area is 134 Å². The van der Waals surface area contributed by atoms with Crippen molar-refractivity contribution in [2.24, 2.45) is 5.92 Å². The second-order valence-corrected chi connectivity index (χ2v) is 7.24. The molecule has 2 rings (SSSR count). The van der Waals surface area contributed by atoms with Crippen LogP contribution in [0.25, 0.3) is 0 Å². The number of hydrogen-bond donors (Lipinski definition) is 0. The van der Waals surface area contributed by atoms with Crippen LogP contribution in [-0.4, -0.2) is 5.92 Å². The minimum atomic E-state index is -2.55. The Morgan fingerprint density at radius 3 is 2.23 bits per heavy atom. The predicted octanol–water partition coefficient (Wildman–Crippen LogP) is 6.71. The Balaban J connectivity index is 2.10. The Kier molecular flexibility index (Phi) is 5.63. The van der Waals surface area contributed by atoms with Gasteiger partial charge in [-0.05, 0) is 61.8 Å². The largest absolute Gasteiger partial charge is 0.255 e. The van der Waals surface area contributed by atoms with E-state index in [-0.39, 0.29) is 12.3 Å². The molecule has 2 unspecified atom stereocenters. The molecular formula is C20H30F2. The highest BCUT2D eigenvalue weighted by atomic mass is 19.3. The third kappa shape index (κ3) is 3.88. The summed E-state index contributed by atoms with van der Waals surface area (Å²) in [6.07, 6.45) is 6.07. The number of aryl methyl sites for hydroxylation is 2. The molecule has 1 aliphatic carbocycles. The molecule has 0 aliphatic heterocycles. The molecular weight excluding hydrogens is 278 g/mol. The molecule has 0 spiro atoms. The normalized spacial score (nSPS) is 24.5. The van der Waals surface area contributed by atoms with E-state index in [0.717, 1.165) is 42.4 Å². The zero-order valence-electron chi connectivity index (χ0n) is 14.5. The molecule has 0 N–H and O–H groups in total. The molecule has 1 aromatic carbocycles. The molecule has 1 aromatic rings. The molecule has 1 aliphatic rings. The number of unbranched alkanes of at least 4 members (excludes halogenated alkanes) is 2. The van der Waals surface area contributed by atoms with Crippen molar-refractivity contribution >= 4 is 0 Å². The molecule has 0 nitrogen and oxygen atoms in total. The van der Waals surface area contributed by atoms with Crippen LogP contribution in [0.4, 0.5) is 8.78 Å². The maximum atomic E-state index is 14.7. The van der Waals surface area contributed by atoms with Crippen molar-refractivity contribution in [2.45, 2.75) is 84.5 Å². The fourth-order valence-corrected chi connectivity index (χ4v) is 3.85. The van der Waals surface area contributed by atoms with Gasteiger partial charge in [0.25, 0.3) is 5.92 Å². The van der Waals surface area contributed by atoms with Gasteiger partial charge in [-0.25, -0.2) is 8.78 Å². The van der Waals surface area contributed by atoms with Crippen LogP contribution in [0.15, 0.2) is 12.1 Å². The summed E-state index contributed by atoms with van der Waals surface area (Å²) in [4.78, 5) is 0. The number of alkyl halides is 2. The minimum absolute atomic E-state index is 0.0767. The van der Waals surface area contributed by atoms with Crippen LogP contribution in [-0.2, 0) is 0 Å². The van der Waals surface area contributed by atoms with Gasteiger partial charge in [-0.3, -0.25) is 0 Å². The van der Waals surface area contributed by atoms with Crippen molar-refractivity contribution in [1.82, 2.24) is 0 Å². The van der Waals surface area contributed by atoms with E-state index in [1.807, 2.05) is 26.0 Å². The SMILES string of the molecule is CCCCCC1CCC(c2cc(C)c(C)c(C)c2)C(F)(F)C1. The average molecular weight is 308 g/mol. The first-order chi connectivity index (χ1) is 10.3. The molecule has 0 amide bonds. The van der Waals surface area contributed by atoms with Crippen molar-refractivity contribution < 1.29 is 8.78 Å². The maximum Gasteiger partial charge on any atom is 0.255 e. The van der Waals surface area contributed by atoms with Gasteiger partial charge in [0.1, 0.15) is 0 Å². The lowest BCUT2D eigenvalue weighted by Gasteiger charge is -2.36. The zero-order chi connectivity index (χ0) is 16.3. The van der Waals surface area contributed by atoms with Crippen molar-refractivity contribution in [1.29, 1.82) is 0 Å². The van der Waals surface area contributed by atoms with E-state index in [1.165, 1.54) is 12.0 Å².